The van der Waals surface area contributed by atoms with Crippen LogP contribution in [0.15, 0.2) is 58.5 Å². The van der Waals surface area contributed by atoms with Crippen molar-refractivity contribution in [3.8, 4) is 5.75 Å². The van der Waals surface area contributed by atoms with Crippen molar-refractivity contribution in [2.75, 3.05) is 5.32 Å². The topological polar surface area (TPSA) is 84.2 Å². The summed E-state index contributed by atoms with van der Waals surface area (Å²) in [5.41, 5.74) is 3.18. The number of anilines is 1. The number of amides is 1. The van der Waals surface area contributed by atoms with Gasteiger partial charge in [-0.05, 0) is 35.7 Å². The Morgan fingerprint density at radius 3 is 2.76 bits per heavy atom. The monoisotopic (exact) mass is 407 g/mol. The number of carbonyl (C=O) groups excluding carboxylic acids is 1. The Morgan fingerprint density at radius 1 is 1.21 bits per heavy atom. The minimum absolute atomic E-state index is 0.102. The normalized spacial score (nSPS) is 15.7. The lowest BCUT2D eigenvalue weighted by Crippen LogP contribution is -2.33. The number of hydrogen-bond donors (Lipinski definition) is 2. The van der Waals surface area contributed by atoms with Crippen LogP contribution in [-0.2, 0) is 17.6 Å². The fourth-order valence-electron chi connectivity index (χ4n) is 3.61. The van der Waals surface area contributed by atoms with E-state index in [1.54, 1.807) is 29.8 Å². The zero-order chi connectivity index (χ0) is 20.5. The van der Waals surface area contributed by atoms with E-state index in [0.717, 1.165) is 5.56 Å². The van der Waals surface area contributed by atoms with Gasteiger partial charge in [0.15, 0.2) is 5.16 Å². The molecule has 1 unspecified atom stereocenters. The predicted molar refractivity (Wildman–Crippen MR) is 113 cm³/mol. The van der Waals surface area contributed by atoms with E-state index in [-0.39, 0.29) is 23.6 Å². The van der Waals surface area contributed by atoms with Gasteiger partial charge in [0.1, 0.15) is 11.6 Å². The van der Waals surface area contributed by atoms with Gasteiger partial charge < -0.3 is 15.0 Å². The summed E-state index contributed by atoms with van der Waals surface area (Å²) in [5.74, 6) is 0.650. The van der Waals surface area contributed by atoms with Gasteiger partial charge in [-0.25, -0.2) is 0 Å². The summed E-state index contributed by atoms with van der Waals surface area (Å²) in [7, 11) is 1.80. The van der Waals surface area contributed by atoms with Crippen molar-refractivity contribution in [2.24, 2.45) is 7.05 Å². The van der Waals surface area contributed by atoms with Gasteiger partial charge >= 0.3 is 0 Å². The van der Waals surface area contributed by atoms with Crippen molar-refractivity contribution in [1.82, 2.24) is 9.55 Å². The van der Waals surface area contributed by atoms with E-state index >= 15 is 0 Å². The standard InChI is InChI=1S/C22H21N3O3S/c1-13-6-3-4-7-15(13)12-29-22-24-21(28)19-17(14-8-5-9-16(26)10-14)11-18(27)23-20(19)25(22)2/h3-10,17,26H,11-12H2,1-2H3,(H,23,27). The average Bonchev–Trinajstić information content (AvgIpc) is 2.70. The van der Waals surface area contributed by atoms with Crippen LogP contribution in [0.1, 0.15) is 34.6 Å². The van der Waals surface area contributed by atoms with E-state index in [2.05, 4.69) is 29.4 Å². The van der Waals surface area contributed by atoms with Gasteiger partial charge in [0.05, 0.1) is 5.56 Å². The number of fused-ring (bicyclic) bond motifs is 1. The van der Waals surface area contributed by atoms with Gasteiger partial charge in [0, 0.05) is 25.1 Å². The van der Waals surface area contributed by atoms with Crippen LogP contribution in [0.25, 0.3) is 0 Å². The molecule has 2 N–H and O–H groups in total. The summed E-state index contributed by atoms with van der Waals surface area (Å²) >= 11 is 1.46. The van der Waals surface area contributed by atoms with Gasteiger partial charge in [-0.15, -0.1) is 0 Å². The number of rotatable bonds is 4. The Balaban J connectivity index is 1.73. The quantitative estimate of drug-likeness (QED) is 0.510. The van der Waals surface area contributed by atoms with Gasteiger partial charge in [-0.3, -0.25) is 9.59 Å². The molecule has 1 atom stereocenters. The zero-order valence-electron chi connectivity index (χ0n) is 16.2. The lowest BCUT2D eigenvalue weighted by molar-refractivity contribution is -0.116. The van der Waals surface area contributed by atoms with E-state index < -0.39 is 5.92 Å². The first kappa shape index (κ1) is 19.3. The van der Waals surface area contributed by atoms with Crippen molar-refractivity contribution in [2.45, 2.75) is 30.2 Å². The molecule has 0 saturated heterocycles. The highest BCUT2D eigenvalue weighted by Crippen LogP contribution is 2.37. The van der Waals surface area contributed by atoms with Gasteiger partial charge in [-0.2, -0.15) is 4.98 Å². The van der Waals surface area contributed by atoms with Crippen molar-refractivity contribution < 1.29 is 9.90 Å². The molecular formula is C22H21N3O3S. The first-order chi connectivity index (χ1) is 13.9. The number of hydrogen-bond acceptors (Lipinski definition) is 5. The maximum Gasteiger partial charge on any atom is 0.279 e. The van der Waals surface area contributed by atoms with Gasteiger partial charge in [-0.1, -0.05) is 48.2 Å². The second-order valence-electron chi connectivity index (χ2n) is 7.14. The molecular weight excluding hydrogens is 386 g/mol. The third kappa shape index (κ3) is 3.78. The van der Waals surface area contributed by atoms with Crippen molar-refractivity contribution in [3.63, 3.8) is 0 Å². The molecule has 0 aliphatic carbocycles. The zero-order valence-corrected chi connectivity index (χ0v) is 17.0. The molecule has 1 aliphatic rings. The number of phenolic OH excluding ortho intramolecular Hbond substituents is 1. The number of nitrogens with one attached hydrogen (secondary N) is 1. The molecule has 0 fully saturated rings. The SMILES string of the molecule is Cc1ccccc1CSc1nc(=O)c2c(n1C)NC(=O)CC2c1cccc(O)c1. The van der Waals surface area contributed by atoms with Crippen molar-refractivity contribution in [1.29, 1.82) is 0 Å². The Morgan fingerprint density at radius 2 is 2.00 bits per heavy atom. The van der Waals surface area contributed by atoms with E-state index in [0.29, 0.717) is 22.3 Å². The number of thioether (sulfide) groups is 1. The third-order valence-electron chi connectivity index (χ3n) is 5.19. The molecule has 1 amide bonds. The molecule has 29 heavy (non-hydrogen) atoms. The highest BCUT2D eigenvalue weighted by Gasteiger charge is 2.32. The largest absolute Gasteiger partial charge is 0.508 e. The molecule has 2 heterocycles. The summed E-state index contributed by atoms with van der Waals surface area (Å²) in [6.07, 6.45) is 0.142. The van der Waals surface area contributed by atoms with Gasteiger partial charge in [0.2, 0.25) is 5.91 Å². The number of aromatic nitrogens is 2. The number of nitrogens with zero attached hydrogens (tertiary/aromatic N) is 2. The van der Waals surface area contributed by atoms with Crippen LogP contribution in [-0.4, -0.2) is 20.6 Å². The molecule has 1 aliphatic heterocycles. The molecule has 1 aromatic heterocycles. The molecule has 2 aromatic carbocycles. The van der Waals surface area contributed by atoms with Crippen LogP contribution >= 0.6 is 11.8 Å². The van der Waals surface area contributed by atoms with Crippen LogP contribution in [0.3, 0.4) is 0 Å². The molecule has 148 valence electrons. The van der Waals surface area contributed by atoms with Crippen molar-refractivity contribution >= 4 is 23.5 Å². The Kier molecular flexibility index (Phi) is 5.15. The minimum atomic E-state index is -0.438. The molecule has 6 nitrogen and oxygen atoms in total. The maximum absolute atomic E-state index is 12.9. The number of carbonyl (C=O) groups is 1. The fourth-order valence-corrected chi connectivity index (χ4v) is 4.65. The molecule has 3 aromatic rings. The van der Waals surface area contributed by atoms with Crippen LogP contribution in [0, 0.1) is 6.92 Å². The van der Waals surface area contributed by atoms with E-state index in [1.165, 1.54) is 22.9 Å². The van der Waals surface area contributed by atoms with Crippen LogP contribution in [0.4, 0.5) is 5.82 Å². The smallest absolute Gasteiger partial charge is 0.279 e. The molecule has 0 bridgehead atoms. The number of phenols is 1. The second-order valence-corrected chi connectivity index (χ2v) is 8.08. The molecule has 0 saturated carbocycles. The number of aromatic hydroxyl groups is 1. The first-order valence-corrected chi connectivity index (χ1v) is 10.3. The Labute approximate surface area is 172 Å². The summed E-state index contributed by atoms with van der Waals surface area (Å²) in [6.45, 7) is 2.05. The van der Waals surface area contributed by atoms with Crippen LogP contribution in [0.5, 0.6) is 5.75 Å². The first-order valence-electron chi connectivity index (χ1n) is 9.31. The molecule has 0 spiro atoms. The van der Waals surface area contributed by atoms with Crippen LogP contribution in [0.2, 0.25) is 0 Å². The molecule has 0 radical (unpaired) electrons. The van der Waals surface area contributed by atoms with Gasteiger partial charge in [0.25, 0.3) is 5.56 Å². The highest BCUT2D eigenvalue weighted by molar-refractivity contribution is 7.98. The summed E-state index contributed by atoms with van der Waals surface area (Å²) in [6, 6.07) is 14.8. The average molecular weight is 407 g/mol. The Hall–Kier alpha value is -3.06. The van der Waals surface area contributed by atoms with E-state index in [9.17, 15) is 14.7 Å². The van der Waals surface area contributed by atoms with E-state index in [4.69, 9.17) is 0 Å². The lowest BCUT2D eigenvalue weighted by Gasteiger charge is -2.27. The maximum atomic E-state index is 12.9. The van der Waals surface area contributed by atoms with Crippen LogP contribution < -0.4 is 10.9 Å². The highest BCUT2D eigenvalue weighted by atomic mass is 32.2. The summed E-state index contributed by atoms with van der Waals surface area (Å²) in [4.78, 5) is 29.6. The fraction of sp³-hybridized carbons (Fsp3) is 0.227. The predicted octanol–water partition coefficient (Wildman–Crippen LogP) is 3.56. The summed E-state index contributed by atoms with van der Waals surface area (Å²) < 4.78 is 1.77. The number of benzene rings is 2. The van der Waals surface area contributed by atoms with E-state index in [1.807, 2.05) is 18.2 Å². The second kappa shape index (κ2) is 7.75. The lowest BCUT2D eigenvalue weighted by atomic mass is 9.86. The molecule has 4 rings (SSSR count). The third-order valence-corrected chi connectivity index (χ3v) is 6.27. The molecule has 7 heteroatoms. The summed E-state index contributed by atoms with van der Waals surface area (Å²) in [5, 5.41) is 13.2. The van der Waals surface area contributed by atoms with Crippen molar-refractivity contribution in [3.05, 3.63) is 81.1 Å². The Bertz CT molecular complexity index is 1160. The minimum Gasteiger partial charge on any atom is -0.508 e. The number of aryl methyl sites for hydroxylation is 1.